The summed E-state index contributed by atoms with van der Waals surface area (Å²) in [6.07, 6.45) is 0. The van der Waals surface area contributed by atoms with E-state index in [1.54, 1.807) is 41.3 Å². The van der Waals surface area contributed by atoms with Crippen LogP contribution in [0.25, 0.3) is 0 Å². The molecule has 0 radical (unpaired) electrons. The second-order valence-corrected chi connectivity index (χ2v) is 8.36. The molecule has 0 aliphatic carbocycles. The Morgan fingerprint density at radius 2 is 1.88 bits per heavy atom. The lowest BCUT2D eigenvalue weighted by molar-refractivity contribution is -0.139. The molecule has 0 aromatic heterocycles. The third-order valence-electron chi connectivity index (χ3n) is 5.51. The molecule has 0 spiro atoms. The van der Waals surface area contributed by atoms with Crippen molar-refractivity contribution in [3.63, 3.8) is 0 Å². The number of aliphatic carboxylic acids is 1. The van der Waals surface area contributed by atoms with Crippen LogP contribution in [0.5, 0.6) is 11.5 Å². The van der Waals surface area contributed by atoms with Crippen LogP contribution in [0, 0.1) is 6.92 Å². The van der Waals surface area contributed by atoms with Gasteiger partial charge in [-0.15, -0.1) is 0 Å². The number of amides is 1. The molecule has 0 fully saturated rings. The first-order valence-corrected chi connectivity index (χ1v) is 11.3. The highest BCUT2D eigenvalue weighted by Gasteiger charge is 2.24. The summed E-state index contributed by atoms with van der Waals surface area (Å²) in [5.74, 6) is -0.301. The van der Waals surface area contributed by atoms with Gasteiger partial charge >= 0.3 is 5.97 Å². The maximum Gasteiger partial charge on any atom is 0.341 e. The van der Waals surface area contributed by atoms with Gasteiger partial charge in [0, 0.05) is 29.4 Å². The highest BCUT2D eigenvalue weighted by molar-refractivity contribution is 6.31. The van der Waals surface area contributed by atoms with Crippen LogP contribution in [0.4, 0.5) is 11.4 Å². The normalized spacial score (nSPS) is 12.5. The fourth-order valence-corrected chi connectivity index (χ4v) is 4.02. The first kappa shape index (κ1) is 23.4. The molecule has 0 atom stereocenters. The number of hydrogen-bond donors (Lipinski definition) is 1. The van der Waals surface area contributed by atoms with Crippen LogP contribution in [0.2, 0.25) is 5.02 Å². The summed E-state index contributed by atoms with van der Waals surface area (Å²) in [5, 5.41) is 9.45. The molecule has 8 heteroatoms. The van der Waals surface area contributed by atoms with Crippen molar-refractivity contribution in [2.24, 2.45) is 0 Å². The zero-order valence-corrected chi connectivity index (χ0v) is 19.5. The van der Waals surface area contributed by atoms with Gasteiger partial charge in [-0.1, -0.05) is 41.4 Å². The smallest absolute Gasteiger partial charge is 0.341 e. The quantitative estimate of drug-likeness (QED) is 0.505. The highest BCUT2D eigenvalue weighted by Crippen LogP contribution is 2.40. The third kappa shape index (κ3) is 5.43. The number of carbonyl (C=O) groups is 2. The Labute approximate surface area is 203 Å². The van der Waals surface area contributed by atoms with Gasteiger partial charge < -0.3 is 24.4 Å². The number of aryl methyl sites for hydroxylation is 1. The molecule has 0 saturated carbocycles. The van der Waals surface area contributed by atoms with Crippen molar-refractivity contribution in [2.75, 3.05) is 42.6 Å². The standard InChI is InChI=1S/C26H25ClN2O5/c1-18-8-10-21(11-9-18)29(26(32)19-4-2-5-20(27)16-19)13-12-28-14-15-33-25-22(28)6-3-7-23(25)34-17-24(30)31/h2-11,16H,12-15,17H2,1H3,(H,30,31). The van der Waals surface area contributed by atoms with Gasteiger partial charge in [-0.05, 0) is 49.4 Å². The topological polar surface area (TPSA) is 79.3 Å². The fraction of sp³-hybridized carbons (Fsp3) is 0.231. The molecule has 1 heterocycles. The first-order valence-electron chi connectivity index (χ1n) is 10.9. The van der Waals surface area contributed by atoms with E-state index >= 15 is 0 Å². The number of halogens is 1. The van der Waals surface area contributed by atoms with Gasteiger partial charge in [-0.3, -0.25) is 4.79 Å². The predicted octanol–water partition coefficient (Wildman–Crippen LogP) is 4.66. The molecule has 0 bridgehead atoms. The van der Waals surface area contributed by atoms with Crippen molar-refractivity contribution >= 4 is 34.9 Å². The van der Waals surface area contributed by atoms with Gasteiger partial charge in [-0.2, -0.15) is 0 Å². The molecule has 0 saturated heterocycles. The van der Waals surface area contributed by atoms with Crippen molar-refractivity contribution in [3.8, 4) is 11.5 Å². The van der Waals surface area contributed by atoms with E-state index in [1.807, 2.05) is 37.3 Å². The van der Waals surface area contributed by atoms with Crippen LogP contribution >= 0.6 is 11.6 Å². The molecule has 1 amide bonds. The van der Waals surface area contributed by atoms with Gasteiger partial charge in [0.05, 0.1) is 12.2 Å². The number of nitrogens with zero attached hydrogens (tertiary/aromatic N) is 2. The molecule has 34 heavy (non-hydrogen) atoms. The lowest BCUT2D eigenvalue weighted by Gasteiger charge is -2.34. The van der Waals surface area contributed by atoms with Gasteiger partial charge in [0.1, 0.15) is 6.61 Å². The minimum atomic E-state index is -1.06. The monoisotopic (exact) mass is 480 g/mol. The summed E-state index contributed by atoms with van der Waals surface area (Å²) in [7, 11) is 0. The number of carboxylic acid groups (broad SMARTS) is 1. The predicted molar refractivity (Wildman–Crippen MR) is 132 cm³/mol. The zero-order chi connectivity index (χ0) is 24.1. The number of benzene rings is 3. The SMILES string of the molecule is Cc1ccc(N(CCN2CCOc3c(OCC(=O)O)cccc32)C(=O)c2cccc(Cl)c2)cc1. The molecule has 1 aliphatic rings. The molecule has 7 nitrogen and oxygen atoms in total. The molecular formula is C26H25ClN2O5. The average molecular weight is 481 g/mol. The summed E-state index contributed by atoms with van der Waals surface area (Å²) in [6, 6.07) is 20.1. The Morgan fingerprint density at radius 3 is 2.62 bits per heavy atom. The maximum atomic E-state index is 13.5. The molecule has 3 aromatic rings. The fourth-order valence-electron chi connectivity index (χ4n) is 3.83. The van der Waals surface area contributed by atoms with Crippen LogP contribution in [0.1, 0.15) is 15.9 Å². The Kier molecular flexibility index (Phi) is 7.23. The Balaban J connectivity index is 1.58. The van der Waals surface area contributed by atoms with E-state index in [4.69, 9.17) is 26.2 Å². The lowest BCUT2D eigenvalue weighted by Crippen LogP contribution is -2.41. The van der Waals surface area contributed by atoms with Crippen molar-refractivity contribution in [2.45, 2.75) is 6.92 Å². The zero-order valence-electron chi connectivity index (χ0n) is 18.7. The minimum absolute atomic E-state index is 0.140. The van der Waals surface area contributed by atoms with Crippen LogP contribution in [0.15, 0.2) is 66.7 Å². The molecule has 0 unspecified atom stereocenters. The Morgan fingerprint density at radius 1 is 1.12 bits per heavy atom. The molecule has 1 aliphatic heterocycles. The van der Waals surface area contributed by atoms with Gasteiger partial charge in [0.25, 0.3) is 5.91 Å². The van der Waals surface area contributed by atoms with Gasteiger partial charge in [0.2, 0.25) is 0 Å². The van der Waals surface area contributed by atoms with Crippen molar-refractivity contribution in [1.82, 2.24) is 0 Å². The van der Waals surface area contributed by atoms with E-state index in [-0.39, 0.29) is 5.91 Å². The van der Waals surface area contributed by atoms with Crippen molar-refractivity contribution < 1.29 is 24.2 Å². The number of anilines is 2. The molecule has 3 aromatic carbocycles. The second-order valence-electron chi connectivity index (χ2n) is 7.93. The van der Waals surface area contributed by atoms with Crippen molar-refractivity contribution in [3.05, 3.63) is 82.9 Å². The number of rotatable bonds is 8. The number of carbonyl (C=O) groups excluding carboxylic acids is 1. The molecular weight excluding hydrogens is 456 g/mol. The van der Waals surface area contributed by atoms with E-state index in [9.17, 15) is 9.59 Å². The molecule has 176 valence electrons. The summed E-state index contributed by atoms with van der Waals surface area (Å²) < 4.78 is 11.2. The summed E-state index contributed by atoms with van der Waals surface area (Å²) in [4.78, 5) is 28.2. The van der Waals surface area contributed by atoms with Gasteiger partial charge in [0.15, 0.2) is 18.1 Å². The number of para-hydroxylation sites is 1. The number of ether oxygens (including phenoxy) is 2. The van der Waals surface area contributed by atoms with Crippen molar-refractivity contribution in [1.29, 1.82) is 0 Å². The summed E-state index contributed by atoms with van der Waals surface area (Å²) in [5.41, 5.74) is 3.21. The molecule has 1 N–H and O–H groups in total. The Bertz CT molecular complexity index is 1180. The molecule has 4 rings (SSSR count). The average Bonchev–Trinajstić information content (AvgIpc) is 2.83. The van der Waals surface area contributed by atoms with E-state index < -0.39 is 12.6 Å². The summed E-state index contributed by atoms with van der Waals surface area (Å²) >= 11 is 6.13. The van der Waals surface area contributed by atoms with E-state index in [0.29, 0.717) is 48.3 Å². The number of fused-ring (bicyclic) bond motifs is 1. The summed E-state index contributed by atoms with van der Waals surface area (Å²) in [6.45, 7) is 3.57. The maximum absolute atomic E-state index is 13.5. The van der Waals surface area contributed by atoms with Crippen LogP contribution in [-0.2, 0) is 4.79 Å². The first-order chi connectivity index (χ1) is 16.4. The number of hydrogen-bond acceptors (Lipinski definition) is 5. The van der Waals surface area contributed by atoms with E-state index in [2.05, 4.69) is 4.90 Å². The minimum Gasteiger partial charge on any atom is -0.486 e. The van der Waals surface area contributed by atoms with E-state index in [1.165, 1.54) is 0 Å². The van der Waals surface area contributed by atoms with Crippen LogP contribution < -0.4 is 19.3 Å². The number of carboxylic acids is 1. The second kappa shape index (κ2) is 10.5. The van der Waals surface area contributed by atoms with Crippen LogP contribution in [-0.4, -0.2) is 49.8 Å². The largest absolute Gasteiger partial charge is 0.486 e. The lowest BCUT2D eigenvalue weighted by atomic mass is 10.1. The van der Waals surface area contributed by atoms with Crippen LogP contribution in [0.3, 0.4) is 0 Å². The van der Waals surface area contributed by atoms with E-state index in [0.717, 1.165) is 16.9 Å². The highest BCUT2D eigenvalue weighted by atomic mass is 35.5. The third-order valence-corrected chi connectivity index (χ3v) is 5.75. The Hall–Kier alpha value is -3.71. The van der Waals surface area contributed by atoms with Gasteiger partial charge in [-0.25, -0.2) is 4.79 Å².